The van der Waals surface area contributed by atoms with E-state index in [1.807, 2.05) is 22.7 Å². The number of hydrogen-bond donors (Lipinski definition) is 0. The maximum atomic E-state index is 6.75. The molecule has 0 N–H and O–H groups in total. The molecule has 2 nitrogen and oxygen atoms in total. The predicted octanol–water partition coefficient (Wildman–Crippen LogP) is 14.5. The molecule has 4 heterocycles. The summed E-state index contributed by atoms with van der Waals surface area (Å²) in [6, 6.07) is 52.6. The van der Waals surface area contributed by atoms with Gasteiger partial charge in [-0.1, -0.05) is 84.9 Å². The summed E-state index contributed by atoms with van der Waals surface area (Å²) in [5.74, 6) is 3.49. The molecular weight excluding hydrogens is 649 g/mol. The summed E-state index contributed by atoms with van der Waals surface area (Å²) in [5, 5.41) is 7.43. The lowest BCUT2D eigenvalue weighted by Gasteiger charge is -2.27. The first-order valence-corrected chi connectivity index (χ1v) is 18.5. The third-order valence-electron chi connectivity index (χ3n) is 10.5. The molecule has 10 aromatic rings. The molecule has 12 rings (SSSR count). The van der Waals surface area contributed by atoms with E-state index in [9.17, 15) is 0 Å². The Balaban J connectivity index is 0.990. The fourth-order valence-corrected chi connectivity index (χ4v) is 10.6. The van der Waals surface area contributed by atoms with Crippen molar-refractivity contribution in [3.63, 3.8) is 0 Å². The van der Waals surface area contributed by atoms with Gasteiger partial charge in [-0.2, -0.15) is 0 Å². The molecule has 0 saturated carbocycles. The molecule has 0 radical (unpaired) electrons. The quantitative estimate of drug-likeness (QED) is 0.182. The first-order chi connectivity index (χ1) is 24.8. The number of thiophene rings is 2. The maximum absolute atomic E-state index is 6.75. The van der Waals surface area contributed by atoms with E-state index in [1.165, 1.54) is 62.6 Å². The zero-order chi connectivity index (χ0) is 32.5. The van der Waals surface area contributed by atoms with Crippen LogP contribution in [0, 0.1) is 0 Å². The molecule has 0 amide bonds. The van der Waals surface area contributed by atoms with E-state index in [4.69, 9.17) is 9.47 Å². The number of rotatable bonds is 2. The molecule has 0 spiro atoms. The van der Waals surface area contributed by atoms with Crippen molar-refractivity contribution in [2.45, 2.75) is 0 Å². The predicted molar refractivity (Wildman–Crippen MR) is 212 cm³/mol. The monoisotopic (exact) mass is 672 g/mol. The van der Waals surface area contributed by atoms with Crippen molar-refractivity contribution >= 4 is 73.8 Å². The Morgan fingerprint density at radius 1 is 0.300 bits per heavy atom. The van der Waals surface area contributed by atoms with Crippen LogP contribution in [0.1, 0.15) is 0 Å². The molecule has 2 aliphatic rings. The minimum atomic E-state index is 0.865. The van der Waals surface area contributed by atoms with Gasteiger partial charge in [0, 0.05) is 62.2 Å². The van der Waals surface area contributed by atoms with Crippen LogP contribution in [0.5, 0.6) is 23.0 Å². The van der Waals surface area contributed by atoms with E-state index in [1.54, 1.807) is 0 Å². The van der Waals surface area contributed by atoms with Crippen molar-refractivity contribution < 1.29 is 9.47 Å². The van der Waals surface area contributed by atoms with E-state index in [-0.39, 0.29) is 0 Å². The lowest BCUT2D eigenvalue weighted by molar-refractivity contribution is 0.475. The van der Waals surface area contributed by atoms with Gasteiger partial charge < -0.3 is 9.47 Å². The third kappa shape index (κ3) is 3.61. The number of hydrogen-bond acceptors (Lipinski definition) is 4. The summed E-state index contributed by atoms with van der Waals surface area (Å²) in [7, 11) is 0. The summed E-state index contributed by atoms with van der Waals surface area (Å²) in [6.45, 7) is 0. The second-order valence-electron chi connectivity index (χ2n) is 13.2. The third-order valence-corrected chi connectivity index (χ3v) is 12.8. The summed E-state index contributed by atoms with van der Waals surface area (Å²) < 4.78 is 18.7. The van der Waals surface area contributed by atoms with Crippen LogP contribution >= 0.6 is 22.7 Å². The van der Waals surface area contributed by atoms with E-state index in [0.717, 1.165) is 56.0 Å². The van der Waals surface area contributed by atoms with Crippen LogP contribution in [0.2, 0.25) is 0 Å². The minimum absolute atomic E-state index is 0.865. The van der Waals surface area contributed by atoms with E-state index >= 15 is 0 Å². The average molecular weight is 673 g/mol. The zero-order valence-corrected chi connectivity index (χ0v) is 28.1. The molecule has 50 heavy (non-hydrogen) atoms. The zero-order valence-electron chi connectivity index (χ0n) is 26.5. The lowest BCUT2D eigenvalue weighted by atomic mass is 9.86. The molecule has 0 unspecified atom stereocenters. The highest BCUT2D eigenvalue weighted by Crippen LogP contribution is 2.56. The highest BCUT2D eigenvalue weighted by atomic mass is 32.1. The smallest absolute Gasteiger partial charge is 0.136 e. The Hall–Kier alpha value is -5.94. The van der Waals surface area contributed by atoms with Gasteiger partial charge in [0.15, 0.2) is 0 Å². The van der Waals surface area contributed by atoms with Crippen molar-refractivity contribution in [1.29, 1.82) is 0 Å². The summed E-state index contributed by atoms with van der Waals surface area (Å²) >= 11 is 3.70. The van der Waals surface area contributed by atoms with Gasteiger partial charge in [0.2, 0.25) is 0 Å². The molecule has 2 aromatic heterocycles. The molecule has 0 aliphatic carbocycles. The highest BCUT2D eigenvalue weighted by Gasteiger charge is 2.28. The summed E-state index contributed by atoms with van der Waals surface area (Å²) in [6.07, 6.45) is 0. The van der Waals surface area contributed by atoms with Crippen LogP contribution < -0.4 is 9.47 Å². The normalized spacial score (nSPS) is 12.7. The van der Waals surface area contributed by atoms with Crippen LogP contribution in [0.15, 0.2) is 146 Å². The van der Waals surface area contributed by atoms with Crippen LogP contribution in [0.3, 0.4) is 0 Å². The molecule has 8 aromatic carbocycles. The van der Waals surface area contributed by atoms with Gasteiger partial charge in [0.25, 0.3) is 0 Å². The molecule has 0 fully saturated rings. The molecular formula is C46H24O2S2. The Morgan fingerprint density at radius 2 is 0.740 bits per heavy atom. The van der Waals surface area contributed by atoms with Gasteiger partial charge >= 0.3 is 0 Å². The van der Waals surface area contributed by atoms with Gasteiger partial charge in [0.05, 0.1) is 0 Å². The first-order valence-electron chi connectivity index (χ1n) is 16.8. The SMILES string of the molecule is c1ccc2c(c1)sc1cccc(-c3ccc4c(c3)Oc3ccc5c6c(ccc-4c36)-c3ccc(-c4cccc6sc7ccccc7c46)cc3O5)c12. The Bertz CT molecular complexity index is 2900. The van der Waals surface area contributed by atoms with Crippen molar-refractivity contribution in [2.75, 3.05) is 0 Å². The minimum Gasteiger partial charge on any atom is -0.456 e. The standard InChI is InChI=1S/C46H24O2S2/c1-3-11-39-33(7-1)43-27(9-5-13-41(43)49-39)25-15-17-29-31-19-20-32-30-18-16-26(28-10-6-14-42-44(28)34-8-2-4-12-40(34)50-42)24-38(30)48-36-22-21-35(45(31)46(32)36)47-37(29)23-25/h1-24H. The van der Waals surface area contributed by atoms with Crippen LogP contribution in [-0.2, 0) is 0 Å². The second kappa shape index (κ2) is 9.82. The van der Waals surface area contributed by atoms with Gasteiger partial charge in [-0.3, -0.25) is 0 Å². The molecule has 2 aliphatic heterocycles. The van der Waals surface area contributed by atoms with Gasteiger partial charge in [-0.25, -0.2) is 0 Å². The van der Waals surface area contributed by atoms with Gasteiger partial charge in [0.1, 0.15) is 23.0 Å². The fourth-order valence-electron chi connectivity index (χ4n) is 8.31. The van der Waals surface area contributed by atoms with Crippen molar-refractivity contribution in [3.8, 4) is 67.5 Å². The molecule has 0 saturated heterocycles. The number of fused-ring (bicyclic) bond motifs is 10. The lowest BCUT2D eigenvalue weighted by Crippen LogP contribution is -2.03. The van der Waals surface area contributed by atoms with Gasteiger partial charge in [-0.05, 0) is 94.0 Å². The summed E-state index contributed by atoms with van der Waals surface area (Å²) in [5.41, 5.74) is 9.33. The average Bonchev–Trinajstić information content (AvgIpc) is 3.75. The van der Waals surface area contributed by atoms with E-state index in [2.05, 4.69) is 146 Å². The van der Waals surface area contributed by atoms with Crippen molar-refractivity contribution in [1.82, 2.24) is 0 Å². The van der Waals surface area contributed by atoms with Gasteiger partial charge in [-0.15, -0.1) is 22.7 Å². The Morgan fingerprint density at radius 3 is 1.24 bits per heavy atom. The van der Waals surface area contributed by atoms with Crippen LogP contribution in [0.25, 0.3) is 95.6 Å². The largest absolute Gasteiger partial charge is 0.456 e. The van der Waals surface area contributed by atoms with Crippen LogP contribution in [-0.4, -0.2) is 0 Å². The first kappa shape index (κ1) is 26.9. The topological polar surface area (TPSA) is 18.5 Å². The van der Waals surface area contributed by atoms with Crippen molar-refractivity contribution in [3.05, 3.63) is 146 Å². The van der Waals surface area contributed by atoms with E-state index in [0.29, 0.717) is 0 Å². The molecule has 0 atom stereocenters. The van der Waals surface area contributed by atoms with E-state index < -0.39 is 0 Å². The molecule has 0 bridgehead atoms. The fraction of sp³-hybridized carbons (Fsp3) is 0. The number of ether oxygens (including phenoxy) is 2. The van der Waals surface area contributed by atoms with Crippen LogP contribution in [0.4, 0.5) is 0 Å². The number of benzene rings is 8. The molecule has 232 valence electrons. The second-order valence-corrected chi connectivity index (χ2v) is 15.3. The highest BCUT2D eigenvalue weighted by molar-refractivity contribution is 7.26. The summed E-state index contributed by atoms with van der Waals surface area (Å²) in [4.78, 5) is 0. The molecule has 4 heteroatoms. The van der Waals surface area contributed by atoms with Crippen molar-refractivity contribution in [2.24, 2.45) is 0 Å². The maximum Gasteiger partial charge on any atom is 0.136 e. The Kier molecular flexibility index (Phi) is 5.29. The Labute approximate surface area is 295 Å².